The van der Waals surface area contributed by atoms with Gasteiger partial charge in [-0.15, -0.1) is 0 Å². The van der Waals surface area contributed by atoms with Gasteiger partial charge >= 0.3 is 30.0 Å². The van der Waals surface area contributed by atoms with E-state index >= 15 is 0 Å². The van der Waals surface area contributed by atoms with Crippen molar-refractivity contribution in [1.82, 2.24) is 9.80 Å². The molecule has 1 aliphatic rings. The molecule has 0 aromatic rings. The summed E-state index contributed by atoms with van der Waals surface area (Å²) in [6.07, 6.45) is 31.8. The summed E-state index contributed by atoms with van der Waals surface area (Å²) in [5, 5.41) is 0. The molecule has 0 saturated carbocycles. The number of ether oxygens (including phenoxy) is 6. The third-order valence-corrected chi connectivity index (χ3v) is 13.9. The highest BCUT2D eigenvalue weighted by Gasteiger charge is 2.26. The van der Waals surface area contributed by atoms with Crippen LogP contribution in [0.1, 0.15) is 247 Å². The SMILES string of the molecule is CCCCCCCCCCOC(=O)CCCCC(C(=O)OCC(COC(=O)CCCCCCC(=O)OC(CCCCCCCC)CCCCCCCC)COC(=O)OCCCN1CCN(C)CC1)C(C)C. The van der Waals surface area contributed by atoms with Gasteiger partial charge in [-0.25, -0.2) is 4.79 Å². The van der Waals surface area contributed by atoms with Gasteiger partial charge in [-0.3, -0.25) is 19.2 Å². The van der Waals surface area contributed by atoms with Gasteiger partial charge in [0, 0.05) is 52.0 Å². The molecule has 0 amide bonds. The van der Waals surface area contributed by atoms with Gasteiger partial charge in [0.1, 0.15) is 25.9 Å². The molecule has 1 saturated heterocycles. The first-order chi connectivity index (χ1) is 34.5. The van der Waals surface area contributed by atoms with Crippen molar-refractivity contribution in [3.8, 4) is 0 Å². The van der Waals surface area contributed by atoms with Gasteiger partial charge in [0.15, 0.2) is 0 Å². The van der Waals surface area contributed by atoms with E-state index in [1.54, 1.807) is 0 Å². The second-order valence-electron chi connectivity index (χ2n) is 21.0. The molecule has 0 radical (unpaired) electrons. The standard InChI is InChI=1S/C58H108N2O11/c1-7-10-13-16-19-20-25-32-45-66-54(61)38-31-30-36-53(50(4)5)57(64)69-48-51(49-70-58(65)67-46-33-40-60-43-41-59(6)42-44-60)47-68-55(62)37-28-23-24-29-39-56(63)71-52(34-26-21-17-14-11-8-2)35-27-22-18-15-12-9-3/h50-53H,7-49H2,1-6H3. The van der Waals surface area contributed by atoms with E-state index in [0.29, 0.717) is 58.0 Å². The van der Waals surface area contributed by atoms with E-state index in [1.807, 2.05) is 13.8 Å². The monoisotopic (exact) mass is 1010 g/mol. The van der Waals surface area contributed by atoms with Crippen LogP contribution >= 0.6 is 0 Å². The highest BCUT2D eigenvalue weighted by molar-refractivity contribution is 5.73. The van der Waals surface area contributed by atoms with Gasteiger partial charge in [0.2, 0.25) is 0 Å². The van der Waals surface area contributed by atoms with Crippen LogP contribution in [-0.4, -0.2) is 119 Å². The second-order valence-corrected chi connectivity index (χ2v) is 21.0. The number of nitrogens with zero attached hydrogens (tertiary/aromatic N) is 2. The van der Waals surface area contributed by atoms with Crippen molar-refractivity contribution in [2.75, 3.05) is 72.8 Å². The van der Waals surface area contributed by atoms with E-state index in [1.165, 1.54) is 103 Å². The van der Waals surface area contributed by atoms with Crippen LogP contribution in [0.15, 0.2) is 0 Å². The number of esters is 4. The minimum absolute atomic E-state index is 0.00893. The van der Waals surface area contributed by atoms with Gasteiger partial charge in [-0.1, -0.05) is 163 Å². The van der Waals surface area contributed by atoms with E-state index in [4.69, 9.17) is 28.4 Å². The topological polar surface area (TPSA) is 147 Å². The molecular weight excluding hydrogens is 901 g/mol. The lowest BCUT2D eigenvalue weighted by Crippen LogP contribution is -2.44. The molecule has 416 valence electrons. The van der Waals surface area contributed by atoms with Crippen molar-refractivity contribution in [2.45, 2.75) is 253 Å². The Morgan fingerprint density at radius 2 is 0.873 bits per heavy atom. The third-order valence-electron chi connectivity index (χ3n) is 13.9. The highest BCUT2D eigenvalue weighted by Crippen LogP contribution is 2.22. The Bertz CT molecular complexity index is 1290. The van der Waals surface area contributed by atoms with E-state index in [0.717, 1.165) is 84.1 Å². The predicted octanol–water partition coefficient (Wildman–Crippen LogP) is 13.7. The van der Waals surface area contributed by atoms with Gasteiger partial charge in [0.05, 0.1) is 25.0 Å². The molecule has 0 aromatic heterocycles. The highest BCUT2D eigenvalue weighted by atomic mass is 16.7. The molecule has 1 fully saturated rings. The third kappa shape index (κ3) is 40.2. The van der Waals surface area contributed by atoms with Crippen LogP contribution in [0.2, 0.25) is 0 Å². The number of carbonyl (C=O) groups excluding carboxylic acids is 5. The van der Waals surface area contributed by atoms with Crippen LogP contribution in [0, 0.1) is 17.8 Å². The van der Waals surface area contributed by atoms with Crippen LogP contribution in [0.4, 0.5) is 4.79 Å². The molecule has 0 spiro atoms. The van der Waals surface area contributed by atoms with Gasteiger partial charge in [-0.05, 0) is 77.2 Å². The number of hydrogen-bond donors (Lipinski definition) is 0. The Morgan fingerprint density at radius 1 is 0.437 bits per heavy atom. The maximum absolute atomic E-state index is 13.4. The first kappa shape index (κ1) is 66.1. The Labute approximate surface area is 434 Å². The molecule has 0 aliphatic carbocycles. The van der Waals surface area contributed by atoms with Crippen molar-refractivity contribution < 1.29 is 52.4 Å². The lowest BCUT2D eigenvalue weighted by Gasteiger charge is -2.32. The minimum atomic E-state index is -0.808. The van der Waals surface area contributed by atoms with Crippen molar-refractivity contribution in [1.29, 1.82) is 0 Å². The number of unbranched alkanes of at least 4 members (excludes halogenated alkanes) is 21. The van der Waals surface area contributed by atoms with Crippen LogP contribution in [0.5, 0.6) is 0 Å². The van der Waals surface area contributed by atoms with E-state index in [-0.39, 0.29) is 74.7 Å². The zero-order chi connectivity index (χ0) is 52.0. The zero-order valence-corrected chi connectivity index (χ0v) is 46.6. The molecule has 2 unspecified atom stereocenters. The van der Waals surface area contributed by atoms with Crippen molar-refractivity contribution in [2.24, 2.45) is 17.8 Å². The van der Waals surface area contributed by atoms with E-state index in [9.17, 15) is 24.0 Å². The summed E-state index contributed by atoms with van der Waals surface area (Å²) >= 11 is 0. The van der Waals surface area contributed by atoms with Gasteiger partial charge in [-0.2, -0.15) is 0 Å². The summed E-state index contributed by atoms with van der Waals surface area (Å²) in [6.45, 7) is 15.9. The van der Waals surface area contributed by atoms with Crippen LogP contribution in [0.25, 0.3) is 0 Å². The van der Waals surface area contributed by atoms with E-state index < -0.39 is 12.1 Å². The molecule has 71 heavy (non-hydrogen) atoms. The lowest BCUT2D eigenvalue weighted by molar-refractivity contribution is -0.155. The summed E-state index contributed by atoms with van der Waals surface area (Å²) in [5.74, 6) is -2.00. The molecular formula is C58H108N2O11. The number of likely N-dealkylation sites (N-methyl/N-ethyl adjacent to an activating group) is 1. The second kappa shape index (κ2) is 46.8. The lowest BCUT2D eigenvalue weighted by atomic mass is 9.90. The summed E-state index contributed by atoms with van der Waals surface area (Å²) in [7, 11) is 2.11. The first-order valence-corrected chi connectivity index (χ1v) is 29.4. The van der Waals surface area contributed by atoms with Crippen molar-refractivity contribution in [3.63, 3.8) is 0 Å². The first-order valence-electron chi connectivity index (χ1n) is 29.4. The van der Waals surface area contributed by atoms with Crippen LogP contribution in [0.3, 0.4) is 0 Å². The molecule has 2 atom stereocenters. The maximum atomic E-state index is 13.4. The Balaban J connectivity index is 2.56. The molecule has 1 rings (SSSR count). The largest absolute Gasteiger partial charge is 0.508 e. The minimum Gasteiger partial charge on any atom is -0.466 e. The molecule has 1 heterocycles. The fraction of sp³-hybridized carbons (Fsp3) is 0.914. The fourth-order valence-corrected chi connectivity index (χ4v) is 9.03. The fourth-order valence-electron chi connectivity index (χ4n) is 9.03. The molecule has 13 heteroatoms. The summed E-state index contributed by atoms with van der Waals surface area (Å²) in [6, 6.07) is 0. The Kier molecular flexibility index (Phi) is 43.6. The van der Waals surface area contributed by atoms with Crippen molar-refractivity contribution in [3.05, 3.63) is 0 Å². The Hall–Kier alpha value is -2.93. The molecule has 0 N–H and O–H groups in total. The maximum Gasteiger partial charge on any atom is 0.508 e. The van der Waals surface area contributed by atoms with Crippen molar-refractivity contribution >= 4 is 30.0 Å². The average Bonchev–Trinajstić information content (AvgIpc) is 3.35. The van der Waals surface area contributed by atoms with Crippen LogP contribution < -0.4 is 0 Å². The number of carbonyl (C=O) groups is 5. The normalized spacial score (nSPS) is 14.1. The summed E-state index contributed by atoms with van der Waals surface area (Å²) < 4.78 is 33.7. The quantitative estimate of drug-likeness (QED) is 0.0324. The predicted molar refractivity (Wildman–Crippen MR) is 285 cm³/mol. The Morgan fingerprint density at radius 3 is 1.44 bits per heavy atom. The summed E-state index contributed by atoms with van der Waals surface area (Å²) in [4.78, 5) is 68.8. The molecule has 0 bridgehead atoms. The summed E-state index contributed by atoms with van der Waals surface area (Å²) in [5.41, 5.74) is 0. The van der Waals surface area contributed by atoms with E-state index in [2.05, 4.69) is 37.6 Å². The van der Waals surface area contributed by atoms with Gasteiger partial charge < -0.3 is 38.2 Å². The average molecular weight is 1010 g/mol. The molecule has 13 nitrogen and oxygen atoms in total. The number of piperazine rings is 1. The molecule has 1 aliphatic heterocycles. The zero-order valence-electron chi connectivity index (χ0n) is 46.6. The van der Waals surface area contributed by atoms with Gasteiger partial charge in [0.25, 0.3) is 0 Å². The smallest absolute Gasteiger partial charge is 0.466 e. The van der Waals surface area contributed by atoms with Crippen LogP contribution in [-0.2, 0) is 47.6 Å². The number of hydrogen-bond acceptors (Lipinski definition) is 13. The number of rotatable bonds is 48. The molecule has 0 aromatic carbocycles.